The molecule has 0 aliphatic heterocycles. The van der Waals surface area contributed by atoms with Crippen LogP contribution in [0.5, 0.6) is 0 Å². The second kappa shape index (κ2) is 4.89. The Morgan fingerprint density at radius 1 is 1.50 bits per heavy atom. The molecule has 0 aliphatic rings. The second-order valence-corrected chi connectivity index (χ2v) is 5.47. The summed E-state index contributed by atoms with van der Waals surface area (Å²) in [5.74, 6) is 0. The lowest BCUT2D eigenvalue weighted by molar-refractivity contribution is -0.384. The van der Waals surface area contributed by atoms with E-state index >= 15 is 0 Å². The van der Waals surface area contributed by atoms with Gasteiger partial charge in [-0.25, -0.2) is 4.98 Å². The molecule has 20 heavy (non-hydrogen) atoms. The van der Waals surface area contributed by atoms with Crippen LogP contribution in [0.15, 0.2) is 28.8 Å². The van der Waals surface area contributed by atoms with E-state index in [1.54, 1.807) is 23.6 Å². The number of thiazole rings is 1. The maximum atomic E-state index is 10.7. The third kappa shape index (κ3) is 2.45. The molecule has 3 aromatic rings. The van der Waals surface area contributed by atoms with Crippen molar-refractivity contribution >= 4 is 34.1 Å². The van der Waals surface area contributed by atoms with Gasteiger partial charge in [-0.15, -0.1) is 11.3 Å². The van der Waals surface area contributed by atoms with Gasteiger partial charge in [0, 0.05) is 23.2 Å². The van der Waals surface area contributed by atoms with Crippen molar-refractivity contribution in [2.75, 3.05) is 5.32 Å². The Morgan fingerprint density at radius 2 is 2.35 bits per heavy atom. The van der Waals surface area contributed by atoms with Crippen molar-refractivity contribution in [1.82, 2.24) is 9.97 Å². The highest BCUT2D eigenvalue weighted by Crippen LogP contribution is 2.24. The van der Waals surface area contributed by atoms with Crippen LogP contribution < -0.4 is 5.32 Å². The summed E-state index contributed by atoms with van der Waals surface area (Å²) in [5.41, 5.74) is 0.957. The van der Waals surface area contributed by atoms with Gasteiger partial charge in [-0.2, -0.15) is 4.98 Å². The quantitative estimate of drug-likeness (QED) is 0.586. The standard InChI is InChI=1S/C12H10N4O3S/c1-7-5-13-11(20-7)6-14-12-15-9-4-8(16(17)18)2-3-10(9)19-12/h2-5H,6H2,1H3,(H,14,15). The number of aromatic nitrogens is 2. The second-order valence-electron chi connectivity index (χ2n) is 4.15. The first-order valence-corrected chi connectivity index (χ1v) is 6.63. The Kier molecular flexibility index (Phi) is 3.07. The first kappa shape index (κ1) is 12.5. The summed E-state index contributed by atoms with van der Waals surface area (Å²) in [5, 5.41) is 14.6. The number of fused-ring (bicyclic) bond motifs is 1. The number of rotatable bonds is 4. The van der Waals surface area contributed by atoms with Crippen molar-refractivity contribution in [2.24, 2.45) is 0 Å². The van der Waals surface area contributed by atoms with Gasteiger partial charge in [0.1, 0.15) is 10.5 Å². The molecule has 0 saturated heterocycles. The van der Waals surface area contributed by atoms with Crippen molar-refractivity contribution in [3.05, 3.63) is 44.4 Å². The highest BCUT2D eigenvalue weighted by molar-refractivity contribution is 7.11. The van der Waals surface area contributed by atoms with E-state index in [0.29, 0.717) is 23.7 Å². The zero-order valence-corrected chi connectivity index (χ0v) is 11.3. The first-order chi connectivity index (χ1) is 9.61. The molecule has 0 saturated carbocycles. The van der Waals surface area contributed by atoms with E-state index in [4.69, 9.17) is 4.42 Å². The number of nitrogens with one attached hydrogen (secondary N) is 1. The number of hydrogen-bond donors (Lipinski definition) is 1. The molecule has 102 valence electrons. The van der Waals surface area contributed by atoms with Gasteiger partial charge in [-0.1, -0.05) is 0 Å². The fourth-order valence-corrected chi connectivity index (χ4v) is 2.47. The molecular formula is C12H10N4O3S. The van der Waals surface area contributed by atoms with E-state index in [2.05, 4.69) is 15.3 Å². The van der Waals surface area contributed by atoms with E-state index in [9.17, 15) is 10.1 Å². The normalized spacial score (nSPS) is 10.8. The minimum atomic E-state index is -0.459. The van der Waals surface area contributed by atoms with Crippen LogP contribution in [0.3, 0.4) is 0 Å². The van der Waals surface area contributed by atoms with Gasteiger partial charge in [0.15, 0.2) is 5.58 Å². The first-order valence-electron chi connectivity index (χ1n) is 5.82. The maximum Gasteiger partial charge on any atom is 0.296 e. The number of non-ortho nitro benzene ring substituents is 1. The highest BCUT2D eigenvalue weighted by atomic mass is 32.1. The molecule has 0 radical (unpaired) electrons. The number of oxazole rings is 1. The number of nitro benzene ring substituents is 1. The minimum Gasteiger partial charge on any atom is -0.424 e. The monoisotopic (exact) mass is 290 g/mol. The predicted octanol–water partition coefficient (Wildman–Crippen LogP) is 3.11. The van der Waals surface area contributed by atoms with Gasteiger partial charge in [0.05, 0.1) is 11.5 Å². The van der Waals surface area contributed by atoms with Crippen molar-refractivity contribution in [3.63, 3.8) is 0 Å². The Balaban J connectivity index is 1.80. The van der Waals surface area contributed by atoms with Crippen LogP contribution in [0, 0.1) is 17.0 Å². The summed E-state index contributed by atoms with van der Waals surface area (Å²) in [6, 6.07) is 4.64. The van der Waals surface area contributed by atoms with Crippen LogP contribution in [0.25, 0.3) is 11.1 Å². The fourth-order valence-electron chi connectivity index (χ4n) is 1.74. The lowest BCUT2D eigenvalue weighted by Crippen LogP contribution is -1.98. The Labute approximate surface area is 117 Å². The van der Waals surface area contributed by atoms with E-state index in [-0.39, 0.29) is 5.69 Å². The third-order valence-corrected chi connectivity index (χ3v) is 3.55. The van der Waals surface area contributed by atoms with Crippen LogP contribution in [-0.4, -0.2) is 14.9 Å². The van der Waals surface area contributed by atoms with Crippen molar-refractivity contribution in [1.29, 1.82) is 0 Å². The van der Waals surface area contributed by atoms with Crippen LogP contribution in [0.4, 0.5) is 11.7 Å². The largest absolute Gasteiger partial charge is 0.424 e. The average molecular weight is 290 g/mol. The number of nitro groups is 1. The number of aryl methyl sites for hydroxylation is 1. The molecule has 2 aromatic heterocycles. The summed E-state index contributed by atoms with van der Waals surface area (Å²) in [7, 11) is 0. The molecule has 0 unspecified atom stereocenters. The fraction of sp³-hybridized carbons (Fsp3) is 0.167. The molecular weight excluding hydrogens is 280 g/mol. The third-order valence-electron chi connectivity index (χ3n) is 2.64. The van der Waals surface area contributed by atoms with Crippen LogP contribution in [-0.2, 0) is 6.54 Å². The lowest BCUT2D eigenvalue weighted by atomic mass is 10.3. The highest BCUT2D eigenvalue weighted by Gasteiger charge is 2.11. The summed E-state index contributed by atoms with van der Waals surface area (Å²) in [6.07, 6.45) is 1.80. The minimum absolute atomic E-state index is 0.00658. The molecule has 3 rings (SSSR count). The molecule has 7 nitrogen and oxygen atoms in total. The van der Waals surface area contributed by atoms with Crippen LogP contribution in [0.2, 0.25) is 0 Å². The topological polar surface area (TPSA) is 94.1 Å². The van der Waals surface area contributed by atoms with E-state index in [1.165, 1.54) is 12.1 Å². The molecule has 0 atom stereocenters. The molecule has 0 aliphatic carbocycles. The van der Waals surface area contributed by atoms with Crippen LogP contribution in [0.1, 0.15) is 9.88 Å². The Morgan fingerprint density at radius 3 is 3.05 bits per heavy atom. The number of nitrogens with zero attached hydrogens (tertiary/aromatic N) is 3. The van der Waals surface area contributed by atoms with Gasteiger partial charge < -0.3 is 9.73 Å². The Bertz CT molecular complexity index is 780. The predicted molar refractivity (Wildman–Crippen MR) is 74.8 cm³/mol. The Hall–Kier alpha value is -2.48. The summed E-state index contributed by atoms with van der Waals surface area (Å²) >= 11 is 1.59. The molecule has 0 amide bonds. The average Bonchev–Trinajstić information content (AvgIpc) is 3.00. The molecule has 0 fully saturated rings. The van der Waals surface area contributed by atoms with E-state index < -0.39 is 4.92 Å². The van der Waals surface area contributed by atoms with Gasteiger partial charge in [0.25, 0.3) is 11.7 Å². The summed E-state index contributed by atoms with van der Waals surface area (Å²) < 4.78 is 5.46. The maximum absolute atomic E-state index is 10.7. The van der Waals surface area contributed by atoms with Crippen LogP contribution >= 0.6 is 11.3 Å². The molecule has 8 heteroatoms. The van der Waals surface area contributed by atoms with Crippen molar-refractivity contribution < 1.29 is 9.34 Å². The lowest BCUT2D eigenvalue weighted by Gasteiger charge is -1.96. The van der Waals surface area contributed by atoms with Gasteiger partial charge in [-0.05, 0) is 13.0 Å². The van der Waals surface area contributed by atoms with Gasteiger partial charge in [-0.3, -0.25) is 10.1 Å². The number of benzene rings is 1. The molecule has 0 bridgehead atoms. The molecule has 0 spiro atoms. The van der Waals surface area contributed by atoms with Gasteiger partial charge in [0.2, 0.25) is 0 Å². The van der Waals surface area contributed by atoms with Gasteiger partial charge >= 0.3 is 0 Å². The molecule has 2 heterocycles. The summed E-state index contributed by atoms with van der Waals surface area (Å²) in [6.45, 7) is 2.49. The SMILES string of the molecule is Cc1cnc(CNc2nc3cc([N+](=O)[O-])ccc3o2)s1. The van der Waals surface area contributed by atoms with Crippen molar-refractivity contribution in [3.8, 4) is 0 Å². The van der Waals surface area contributed by atoms with E-state index in [1.807, 2.05) is 6.92 Å². The molecule has 1 aromatic carbocycles. The van der Waals surface area contributed by atoms with Crippen molar-refractivity contribution in [2.45, 2.75) is 13.5 Å². The zero-order valence-electron chi connectivity index (χ0n) is 10.5. The smallest absolute Gasteiger partial charge is 0.296 e. The number of hydrogen-bond acceptors (Lipinski definition) is 7. The number of anilines is 1. The molecule has 1 N–H and O–H groups in total. The van der Waals surface area contributed by atoms with E-state index in [0.717, 1.165) is 9.88 Å². The zero-order chi connectivity index (χ0) is 14.1. The summed E-state index contributed by atoms with van der Waals surface area (Å²) in [4.78, 5) is 19.8.